The highest BCUT2D eigenvalue weighted by molar-refractivity contribution is 5.98. The van der Waals surface area contributed by atoms with Crippen molar-refractivity contribution in [2.45, 2.75) is 25.9 Å². The van der Waals surface area contributed by atoms with Crippen molar-refractivity contribution in [2.75, 3.05) is 0 Å². The molecule has 0 aromatic heterocycles. The van der Waals surface area contributed by atoms with E-state index in [1.54, 1.807) is 0 Å². The number of allylic oxidation sites excluding steroid dienone is 2. The Bertz CT molecular complexity index is 984. The summed E-state index contributed by atoms with van der Waals surface area (Å²) in [5, 5.41) is 0. The van der Waals surface area contributed by atoms with Crippen LogP contribution in [0.4, 0.5) is 0 Å². The molecule has 0 unspecified atom stereocenters. The molecule has 0 radical (unpaired) electrons. The maximum atomic E-state index is 12.6. The zero-order valence-electron chi connectivity index (χ0n) is 17.8. The van der Waals surface area contributed by atoms with Gasteiger partial charge < -0.3 is 9.80 Å². The Labute approximate surface area is 188 Å². The van der Waals surface area contributed by atoms with E-state index in [4.69, 9.17) is 0 Å². The van der Waals surface area contributed by atoms with E-state index in [2.05, 4.69) is 10.9 Å². The van der Waals surface area contributed by atoms with Gasteiger partial charge in [0.25, 0.3) is 11.8 Å². The molecular weight excluding hydrogens is 400 g/mol. The van der Waals surface area contributed by atoms with Crippen molar-refractivity contribution in [3.63, 3.8) is 0 Å². The van der Waals surface area contributed by atoms with E-state index in [1.165, 1.54) is 0 Å². The molecule has 0 bridgehead atoms. The molecule has 0 atom stereocenters. The predicted molar refractivity (Wildman–Crippen MR) is 124 cm³/mol. The van der Waals surface area contributed by atoms with Crippen molar-refractivity contribution in [1.29, 1.82) is 0 Å². The second kappa shape index (κ2) is 10.3. The number of benzene rings is 2. The summed E-state index contributed by atoms with van der Waals surface area (Å²) in [6.07, 6.45) is 12.5. The van der Waals surface area contributed by atoms with Crippen molar-refractivity contribution in [3.8, 4) is 0 Å². The SMILES string of the molecule is O=C(NNC(=O)C1=CN(Cc2ccccc2)C=CC1)C1=CN(Cc2ccccc2)C=CC1. The van der Waals surface area contributed by atoms with Crippen molar-refractivity contribution < 1.29 is 9.59 Å². The number of amides is 2. The summed E-state index contributed by atoms with van der Waals surface area (Å²) in [6, 6.07) is 20.1. The molecule has 0 saturated carbocycles. The minimum atomic E-state index is -0.311. The lowest BCUT2D eigenvalue weighted by atomic mass is 10.1. The molecule has 2 aliphatic heterocycles. The molecule has 6 heteroatoms. The van der Waals surface area contributed by atoms with E-state index in [0.29, 0.717) is 37.1 Å². The Morgan fingerprint density at radius 3 is 1.47 bits per heavy atom. The van der Waals surface area contributed by atoms with Crippen LogP contribution in [0.15, 0.2) is 109 Å². The Kier molecular flexibility index (Phi) is 6.82. The van der Waals surface area contributed by atoms with E-state index in [0.717, 1.165) is 11.1 Å². The average Bonchev–Trinajstić information content (AvgIpc) is 2.84. The second-order valence-corrected chi connectivity index (χ2v) is 7.71. The molecule has 6 nitrogen and oxygen atoms in total. The van der Waals surface area contributed by atoms with E-state index in [1.807, 2.05) is 107 Å². The summed E-state index contributed by atoms with van der Waals surface area (Å²) in [6.45, 7) is 1.36. The lowest BCUT2D eigenvalue weighted by Gasteiger charge is -2.22. The van der Waals surface area contributed by atoms with E-state index in [-0.39, 0.29) is 11.8 Å². The first-order valence-corrected chi connectivity index (χ1v) is 10.6. The minimum absolute atomic E-state index is 0.311. The van der Waals surface area contributed by atoms with Crippen LogP contribution in [0.25, 0.3) is 0 Å². The largest absolute Gasteiger partial charge is 0.350 e. The highest BCUT2D eigenvalue weighted by Gasteiger charge is 2.17. The number of hydrogen-bond donors (Lipinski definition) is 2. The molecule has 0 saturated heterocycles. The van der Waals surface area contributed by atoms with Crippen molar-refractivity contribution in [2.24, 2.45) is 0 Å². The first kappa shape index (κ1) is 21.2. The van der Waals surface area contributed by atoms with Crippen molar-refractivity contribution >= 4 is 11.8 Å². The normalized spacial score (nSPS) is 15.1. The van der Waals surface area contributed by atoms with Crippen LogP contribution in [0.3, 0.4) is 0 Å². The molecule has 2 heterocycles. The van der Waals surface area contributed by atoms with E-state index < -0.39 is 0 Å². The molecule has 32 heavy (non-hydrogen) atoms. The van der Waals surface area contributed by atoms with Gasteiger partial charge in [-0.05, 0) is 24.0 Å². The molecule has 2 aliphatic rings. The molecular formula is C26H26N4O2. The third-order valence-corrected chi connectivity index (χ3v) is 5.20. The second-order valence-electron chi connectivity index (χ2n) is 7.71. The van der Waals surface area contributed by atoms with Crippen LogP contribution in [-0.4, -0.2) is 21.6 Å². The van der Waals surface area contributed by atoms with Gasteiger partial charge in [0.2, 0.25) is 0 Å². The molecule has 4 rings (SSSR count). The fraction of sp³-hybridized carbons (Fsp3) is 0.154. The number of nitrogens with one attached hydrogen (secondary N) is 2. The maximum absolute atomic E-state index is 12.6. The van der Waals surface area contributed by atoms with Gasteiger partial charge in [-0.25, -0.2) is 0 Å². The van der Waals surface area contributed by atoms with E-state index >= 15 is 0 Å². The summed E-state index contributed by atoms with van der Waals surface area (Å²) >= 11 is 0. The zero-order valence-corrected chi connectivity index (χ0v) is 17.8. The van der Waals surface area contributed by atoms with Crippen molar-refractivity contribution in [1.82, 2.24) is 20.7 Å². The fourth-order valence-corrected chi connectivity index (χ4v) is 3.58. The highest BCUT2D eigenvalue weighted by atomic mass is 16.2. The smallest absolute Gasteiger partial charge is 0.267 e. The number of nitrogens with zero attached hydrogens (tertiary/aromatic N) is 2. The van der Waals surface area contributed by atoms with Gasteiger partial charge in [0.1, 0.15) is 0 Å². The van der Waals surface area contributed by atoms with Gasteiger partial charge in [0.05, 0.1) is 0 Å². The zero-order chi connectivity index (χ0) is 22.2. The first-order valence-electron chi connectivity index (χ1n) is 10.6. The predicted octanol–water partition coefficient (Wildman–Crippen LogP) is 3.74. The lowest BCUT2D eigenvalue weighted by Crippen LogP contribution is -2.43. The van der Waals surface area contributed by atoms with Gasteiger partial charge in [-0.2, -0.15) is 0 Å². The topological polar surface area (TPSA) is 64.7 Å². The Morgan fingerprint density at radius 1 is 0.656 bits per heavy atom. The van der Waals surface area contributed by atoms with Gasteiger partial charge in [-0.1, -0.05) is 72.8 Å². The third-order valence-electron chi connectivity index (χ3n) is 5.20. The van der Waals surface area contributed by atoms with Gasteiger partial charge in [-0.15, -0.1) is 0 Å². The molecule has 2 aromatic rings. The quantitative estimate of drug-likeness (QED) is 0.691. The Morgan fingerprint density at radius 2 is 1.06 bits per heavy atom. The Balaban J connectivity index is 1.30. The molecule has 0 spiro atoms. The average molecular weight is 427 g/mol. The third kappa shape index (κ3) is 5.76. The standard InChI is InChI=1S/C26H26N4O2/c31-25(23-13-7-15-29(19-23)17-21-9-3-1-4-10-21)27-28-26(32)24-14-8-16-30(20-24)18-22-11-5-2-6-12-22/h1-12,15-16,19-20H,13-14,17-18H2,(H,27,31)(H,28,32). The molecule has 2 amide bonds. The molecule has 0 fully saturated rings. The number of hydrazine groups is 1. The molecule has 2 aromatic carbocycles. The number of hydrogen-bond acceptors (Lipinski definition) is 4. The van der Waals surface area contributed by atoms with Crippen LogP contribution >= 0.6 is 0 Å². The van der Waals surface area contributed by atoms with Crippen LogP contribution < -0.4 is 10.9 Å². The summed E-state index contributed by atoms with van der Waals surface area (Å²) in [7, 11) is 0. The maximum Gasteiger partial charge on any atom is 0.267 e. The van der Waals surface area contributed by atoms with Crippen LogP contribution in [0.2, 0.25) is 0 Å². The van der Waals surface area contributed by atoms with Gasteiger partial charge >= 0.3 is 0 Å². The van der Waals surface area contributed by atoms with Crippen LogP contribution in [0, 0.1) is 0 Å². The molecule has 162 valence electrons. The van der Waals surface area contributed by atoms with E-state index in [9.17, 15) is 9.59 Å². The minimum Gasteiger partial charge on any atom is -0.350 e. The van der Waals surface area contributed by atoms with Gasteiger partial charge in [0.15, 0.2) is 0 Å². The molecule has 2 N–H and O–H groups in total. The summed E-state index contributed by atoms with van der Waals surface area (Å²) in [5.74, 6) is -0.622. The Hall–Kier alpha value is -4.06. The summed E-state index contributed by atoms with van der Waals surface area (Å²) < 4.78 is 0. The van der Waals surface area contributed by atoms with Crippen LogP contribution in [0.5, 0.6) is 0 Å². The van der Waals surface area contributed by atoms with Crippen LogP contribution in [-0.2, 0) is 22.7 Å². The van der Waals surface area contributed by atoms with Gasteiger partial charge in [0, 0.05) is 49.0 Å². The monoisotopic (exact) mass is 426 g/mol. The first-order chi connectivity index (χ1) is 15.7. The number of carbonyl (C=O) groups excluding carboxylic acids is 2. The lowest BCUT2D eigenvalue weighted by molar-refractivity contribution is -0.125. The van der Waals surface area contributed by atoms with Crippen molar-refractivity contribution in [3.05, 3.63) is 120 Å². The highest BCUT2D eigenvalue weighted by Crippen LogP contribution is 2.17. The van der Waals surface area contributed by atoms with Crippen LogP contribution in [0.1, 0.15) is 24.0 Å². The summed E-state index contributed by atoms with van der Waals surface area (Å²) in [5.41, 5.74) is 8.58. The summed E-state index contributed by atoms with van der Waals surface area (Å²) in [4.78, 5) is 29.1. The van der Waals surface area contributed by atoms with Gasteiger partial charge in [-0.3, -0.25) is 20.4 Å². The molecule has 0 aliphatic carbocycles. The fourth-order valence-electron chi connectivity index (χ4n) is 3.58. The number of rotatable bonds is 6. The number of carbonyl (C=O) groups is 2.